The Kier molecular flexibility index (Phi) is 6.66. The number of hydrogen-bond donors (Lipinski definition) is 3. The molecular weight excluding hydrogens is 447 g/mol. The maximum atomic E-state index is 13.7. The predicted octanol–water partition coefficient (Wildman–Crippen LogP) is 2.53. The Bertz CT molecular complexity index is 1170. The second-order valence-electron chi connectivity index (χ2n) is 7.84. The molecule has 0 unspecified atom stereocenters. The number of halogens is 1. The average molecular weight is 472 g/mol. The molecule has 1 aromatic heterocycles. The molecule has 0 aliphatic carbocycles. The zero-order chi connectivity index (χ0) is 24.4. The predicted molar refractivity (Wildman–Crippen MR) is 120 cm³/mol. The number of anilines is 1. The smallest absolute Gasteiger partial charge is 0.408 e. The highest BCUT2D eigenvalue weighted by atomic mass is 19.1. The van der Waals surface area contributed by atoms with Crippen molar-refractivity contribution >= 4 is 35.2 Å². The molecule has 180 valence electrons. The van der Waals surface area contributed by atoms with Gasteiger partial charge in [0, 0.05) is 29.1 Å². The fraction of sp³-hybridized carbons (Fsp3) is 0.348. The molecule has 2 aliphatic rings. The van der Waals surface area contributed by atoms with Crippen molar-refractivity contribution in [3.05, 3.63) is 46.5 Å². The van der Waals surface area contributed by atoms with Crippen LogP contribution in [0.2, 0.25) is 0 Å². The van der Waals surface area contributed by atoms with E-state index >= 15 is 0 Å². The molecule has 3 amide bonds. The first-order valence-electron chi connectivity index (χ1n) is 10.8. The summed E-state index contributed by atoms with van der Waals surface area (Å²) in [5.74, 6) is -0.936. The van der Waals surface area contributed by atoms with E-state index in [0.29, 0.717) is 41.4 Å². The highest BCUT2D eigenvalue weighted by Crippen LogP contribution is 2.35. The third-order valence-electron chi connectivity index (χ3n) is 5.53. The number of H-pyrrole nitrogens is 1. The Morgan fingerprint density at radius 1 is 1.35 bits per heavy atom. The van der Waals surface area contributed by atoms with Gasteiger partial charge in [0.25, 0.3) is 11.8 Å². The molecule has 0 radical (unpaired) electrons. The van der Waals surface area contributed by atoms with E-state index < -0.39 is 18.0 Å². The van der Waals surface area contributed by atoms with Crippen molar-refractivity contribution in [2.75, 3.05) is 31.7 Å². The van der Waals surface area contributed by atoms with Crippen molar-refractivity contribution in [1.29, 1.82) is 0 Å². The molecule has 0 bridgehead atoms. The standard InChI is InChI=1S/C23H25FN4O6/c1-4-32-8-7-28-22(30)19(11-33-28)27-23(31)34-20-12(2)18(25-13(20)3)10-16-15-9-14(24)5-6-17(15)26-21(16)29/h5-6,9-10,19,25H,4,7-8,11H2,1-3H3,(H,26,29)(H,27,31)/b16-10-/t19-/m1/s1. The highest BCUT2D eigenvalue weighted by Gasteiger charge is 2.35. The van der Waals surface area contributed by atoms with Crippen LogP contribution in [0.5, 0.6) is 5.75 Å². The lowest BCUT2D eigenvalue weighted by atomic mass is 10.0. The molecule has 0 saturated carbocycles. The number of carbonyl (C=O) groups excluding carboxylic acids is 3. The molecular formula is C23H25FN4O6. The summed E-state index contributed by atoms with van der Waals surface area (Å²) in [5, 5.41) is 6.36. The van der Waals surface area contributed by atoms with Crippen LogP contribution in [-0.2, 0) is 19.2 Å². The molecule has 0 spiro atoms. The average Bonchev–Trinajstić information content (AvgIpc) is 3.38. The van der Waals surface area contributed by atoms with Gasteiger partial charge in [0.1, 0.15) is 18.5 Å². The number of rotatable bonds is 7. The van der Waals surface area contributed by atoms with Crippen LogP contribution in [0, 0.1) is 19.7 Å². The first-order chi connectivity index (χ1) is 16.3. The van der Waals surface area contributed by atoms with E-state index in [2.05, 4.69) is 15.6 Å². The summed E-state index contributed by atoms with van der Waals surface area (Å²) >= 11 is 0. The Morgan fingerprint density at radius 2 is 2.15 bits per heavy atom. The molecule has 3 heterocycles. The van der Waals surface area contributed by atoms with E-state index in [1.807, 2.05) is 6.92 Å². The molecule has 34 heavy (non-hydrogen) atoms. The topological polar surface area (TPSA) is 122 Å². The van der Waals surface area contributed by atoms with Gasteiger partial charge in [-0.05, 0) is 45.0 Å². The second kappa shape index (κ2) is 9.65. The number of fused-ring (bicyclic) bond motifs is 1. The first-order valence-corrected chi connectivity index (χ1v) is 10.8. The third-order valence-corrected chi connectivity index (χ3v) is 5.53. The van der Waals surface area contributed by atoms with Gasteiger partial charge in [0.15, 0.2) is 5.75 Å². The van der Waals surface area contributed by atoms with Crippen molar-refractivity contribution in [2.45, 2.75) is 26.8 Å². The summed E-state index contributed by atoms with van der Waals surface area (Å²) in [7, 11) is 0. The van der Waals surface area contributed by atoms with E-state index in [4.69, 9.17) is 14.3 Å². The third kappa shape index (κ3) is 4.66. The first kappa shape index (κ1) is 23.5. The van der Waals surface area contributed by atoms with Crippen molar-refractivity contribution < 1.29 is 33.1 Å². The number of amides is 3. The quantitative estimate of drug-likeness (QED) is 0.421. The van der Waals surface area contributed by atoms with Crippen molar-refractivity contribution in [2.24, 2.45) is 0 Å². The van der Waals surface area contributed by atoms with Gasteiger partial charge in [-0.3, -0.25) is 14.4 Å². The zero-order valence-corrected chi connectivity index (χ0v) is 19.0. The van der Waals surface area contributed by atoms with Gasteiger partial charge in [0.2, 0.25) is 0 Å². The zero-order valence-electron chi connectivity index (χ0n) is 19.0. The number of benzene rings is 1. The van der Waals surface area contributed by atoms with Crippen LogP contribution in [0.15, 0.2) is 18.2 Å². The minimum Gasteiger partial charge on any atom is -0.408 e. The maximum Gasteiger partial charge on any atom is 0.413 e. The van der Waals surface area contributed by atoms with Crippen LogP contribution < -0.4 is 15.4 Å². The number of carbonyl (C=O) groups is 3. The van der Waals surface area contributed by atoms with E-state index in [9.17, 15) is 18.8 Å². The minimum atomic E-state index is -0.871. The lowest BCUT2D eigenvalue weighted by Gasteiger charge is -2.14. The highest BCUT2D eigenvalue weighted by molar-refractivity contribution is 6.34. The fourth-order valence-corrected chi connectivity index (χ4v) is 3.81. The minimum absolute atomic E-state index is 0.00636. The Hall–Kier alpha value is -3.70. The van der Waals surface area contributed by atoms with Crippen molar-refractivity contribution in [1.82, 2.24) is 15.4 Å². The van der Waals surface area contributed by atoms with Gasteiger partial charge in [-0.1, -0.05) is 0 Å². The van der Waals surface area contributed by atoms with Gasteiger partial charge in [0.05, 0.1) is 24.4 Å². The number of hydroxylamine groups is 2. The van der Waals surface area contributed by atoms with Gasteiger partial charge < -0.3 is 25.1 Å². The molecule has 11 heteroatoms. The van der Waals surface area contributed by atoms with E-state index in [1.165, 1.54) is 18.2 Å². The maximum absolute atomic E-state index is 13.7. The summed E-state index contributed by atoms with van der Waals surface area (Å²) in [6, 6.07) is 3.19. The molecule has 1 atom stereocenters. The number of aromatic nitrogens is 1. The van der Waals surface area contributed by atoms with E-state index in [-0.39, 0.29) is 36.3 Å². The molecule has 3 N–H and O–H groups in total. The SMILES string of the molecule is CCOCCN1OC[C@@H](NC(=O)Oc2c(C)[nH]c(/C=C3\C(=O)Nc4ccc(F)cc43)c2C)C1=O. The van der Waals surface area contributed by atoms with Crippen molar-refractivity contribution in [3.8, 4) is 5.75 Å². The van der Waals surface area contributed by atoms with E-state index in [1.54, 1.807) is 19.9 Å². The number of ether oxygens (including phenoxy) is 2. The van der Waals surface area contributed by atoms with E-state index in [0.717, 1.165) is 5.06 Å². The van der Waals surface area contributed by atoms with Gasteiger partial charge in [-0.15, -0.1) is 0 Å². The van der Waals surface area contributed by atoms with Crippen LogP contribution in [-0.4, -0.2) is 60.4 Å². The molecule has 10 nitrogen and oxygen atoms in total. The molecule has 1 fully saturated rings. The molecule has 1 saturated heterocycles. The van der Waals surface area contributed by atoms with Crippen LogP contribution in [0.4, 0.5) is 14.9 Å². The summed E-state index contributed by atoms with van der Waals surface area (Å²) in [6.45, 7) is 6.38. The largest absolute Gasteiger partial charge is 0.413 e. The molecule has 4 rings (SSSR count). The van der Waals surface area contributed by atoms with Crippen LogP contribution in [0.3, 0.4) is 0 Å². The van der Waals surface area contributed by atoms with Gasteiger partial charge in [-0.25, -0.2) is 14.2 Å². The van der Waals surface area contributed by atoms with Gasteiger partial charge >= 0.3 is 6.09 Å². The van der Waals surface area contributed by atoms with Gasteiger partial charge in [-0.2, -0.15) is 0 Å². The number of hydrogen-bond acceptors (Lipinski definition) is 6. The number of aryl methyl sites for hydroxylation is 1. The Morgan fingerprint density at radius 3 is 2.91 bits per heavy atom. The molecule has 2 aliphatic heterocycles. The number of aromatic amines is 1. The lowest BCUT2D eigenvalue weighted by Crippen LogP contribution is -2.44. The van der Waals surface area contributed by atoms with Crippen LogP contribution in [0.25, 0.3) is 11.6 Å². The summed E-state index contributed by atoms with van der Waals surface area (Å²) in [6.07, 6.45) is 0.766. The summed E-state index contributed by atoms with van der Waals surface area (Å²) < 4.78 is 24.4. The Labute approximate surface area is 195 Å². The Balaban J connectivity index is 1.45. The molecule has 2 aromatic rings. The fourth-order valence-electron chi connectivity index (χ4n) is 3.81. The van der Waals surface area contributed by atoms with Crippen molar-refractivity contribution in [3.63, 3.8) is 0 Å². The summed E-state index contributed by atoms with van der Waals surface area (Å²) in [4.78, 5) is 45.6. The number of nitrogens with zero attached hydrogens (tertiary/aromatic N) is 1. The molecule has 1 aromatic carbocycles. The second-order valence-corrected chi connectivity index (χ2v) is 7.84. The normalized spacial score (nSPS) is 18.4. The number of nitrogens with one attached hydrogen (secondary N) is 3. The van der Waals surface area contributed by atoms with Crippen LogP contribution >= 0.6 is 0 Å². The monoisotopic (exact) mass is 472 g/mol. The summed E-state index contributed by atoms with van der Waals surface area (Å²) in [5.41, 5.74) is 2.91. The van der Waals surface area contributed by atoms with Crippen LogP contribution in [0.1, 0.15) is 29.4 Å². The lowest BCUT2D eigenvalue weighted by molar-refractivity contribution is -0.164.